The Kier molecular flexibility index (Phi) is 8.15. The highest BCUT2D eigenvalue weighted by Gasteiger charge is 2.32. The molecule has 1 rings (SSSR count). The average Bonchev–Trinajstić information content (AvgIpc) is 2.60. The highest BCUT2D eigenvalue weighted by molar-refractivity contribution is 7.93. The fourth-order valence-electron chi connectivity index (χ4n) is 2.15. The van der Waals surface area contributed by atoms with Crippen molar-refractivity contribution in [2.24, 2.45) is 0 Å². The maximum absolute atomic E-state index is 13.1. The van der Waals surface area contributed by atoms with Crippen molar-refractivity contribution >= 4 is 25.8 Å². The predicted octanol–water partition coefficient (Wildman–Crippen LogP) is 0.263. The summed E-state index contributed by atoms with van der Waals surface area (Å²) in [5.41, 5.74) is 0. The van der Waals surface area contributed by atoms with Gasteiger partial charge >= 0.3 is 5.97 Å². The molecule has 0 saturated heterocycles. The van der Waals surface area contributed by atoms with E-state index in [0.717, 1.165) is 10.6 Å². The summed E-state index contributed by atoms with van der Waals surface area (Å²) in [6.07, 6.45) is -0.183. The van der Waals surface area contributed by atoms with Crippen LogP contribution >= 0.6 is 0 Å². The van der Waals surface area contributed by atoms with Crippen molar-refractivity contribution in [1.82, 2.24) is 4.31 Å². The third-order valence-electron chi connectivity index (χ3n) is 3.54. The number of sulfonamides is 1. The first-order chi connectivity index (χ1) is 12.1. The molecule has 9 nitrogen and oxygen atoms in total. The molecule has 0 N–H and O–H groups in total. The van der Waals surface area contributed by atoms with Crippen molar-refractivity contribution in [2.75, 3.05) is 40.7 Å². The largest absolute Gasteiger partial charge is 0.469 e. The standard InChI is InChI=1S/C15H23NO8S2/c1-22-14(17)9-10-16(11-15(23-2)24-3)26(20,21)13-8-6-5-7-12(13)25(4,18)19/h5-8,15H,9-11H2,1-4H3. The predicted molar refractivity (Wildman–Crippen MR) is 92.7 cm³/mol. The second-order valence-electron chi connectivity index (χ2n) is 5.31. The van der Waals surface area contributed by atoms with E-state index in [4.69, 9.17) is 9.47 Å². The van der Waals surface area contributed by atoms with E-state index < -0.39 is 32.1 Å². The van der Waals surface area contributed by atoms with Crippen molar-refractivity contribution in [3.8, 4) is 0 Å². The second-order valence-corrected chi connectivity index (χ2v) is 9.20. The first-order valence-corrected chi connectivity index (χ1v) is 10.8. The molecule has 0 aliphatic carbocycles. The Morgan fingerprint density at radius 1 is 1.04 bits per heavy atom. The van der Waals surface area contributed by atoms with Crippen LogP contribution in [0.4, 0.5) is 0 Å². The van der Waals surface area contributed by atoms with Crippen molar-refractivity contribution in [1.29, 1.82) is 0 Å². The van der Waals surface area contributed by atoms with E-state index in [1.54, 1.807) is 0 Å². The molecule has 11 heteroatoms. The average molecular weight is 409 g/mol. The summed E-state index contributed by atoms with van der Waals surface area (Å²) in [6.45, 7) is -0.458. The third kappa shape index (κ3) is 5.74. The number of benzene rings is 1. The quantitative estimate of drug-likeness (QED) is 0.399. The summed E-state index contributed by atoms with van der Waals surface area (Å²) in [6, 6.07) is 5.27. The zero-order valence-corrected chi connectivity index (χ0v) is 16.7. The van der Waals surface area contributed by atoms with Crippen LogP contribution in [-0.4, -0.2) is 74.1 Å². The number of hydrogen-bond donors (Lipinski definition) is 0. The van der Waals surface area contributed by atoms with E-state index in [9.17, 15) is 21.6 Å². The molecule has 148 valence electrons. The van der Waals surface area contributed by atoms with Gasteiger partial charge < -0.3 is 14.2 Å². The van der Waals surface area contributed by atoms with Gasteiger partial charge in [0.2, 0.25) is 10.0 Å². The third-order valence-corrected chi connectivity index (χ3v) is 6.75. The lowest BCUT2D eigenvalue weighted by molar-refractivity contribution is -0.141. The number of hydrogen-bond acceptors (Lipinski definition) is 8. The minimum absolute atomic E-state index is 0.211. The molecule has 0 aliphatic heterocycles. The summed E-state index contributed by atoms with van der Waals surface area (Å²) in [5.74, 6) is -0.604. The fraction of sp³-hybridized carbons (Fsp3) is 0.533. The molecule has 0 amide bonds. The number of carbonyl (C=O) groups excluding carboxylic acids is 1. The van der Waals surface area contributed by atoms with Crippen molar-refractivity contribution < 1.29 is 35.8 Å². The van der Waals surface area contributed by atoms with Crippen LogP contribution in [0.3, 0.4) is 0 Å². The molecule has 0 aliphatic rings. The monoisotopic (exact) mass is 409 g/mol. The number of rotatable bonds is 10. The van der Waals surface area contributed by atoms with Crippen LogP contribution in [0.15, 0.2) is 34.1 Å². The van der Waals surface area contributed by atoms with Gasteiger partial charge in [0.15, 0.2) is 16.1 Å². The molecule has 0 atom stereocenters. The summed E-state index contributed by atoms with van der Waals surface area (Å²) in [4.78, 5) is 10.7. The molecule has 0 saturated carbocycles. The number of nitrogens with zero attached hydrogens (tertiary/aromatic N) is 1. The Balaban J connectivity index is 3.36. The Bertz CT molecular complexity index is 816. The van der Waals surface area contributed by atoms with Gasteiger partial charge in [-0.25, -0.2) is 16.8 Å². The molecule has 26 heavy (non-hydrogen) atoms. The molecule has 1 aromatic rings. The molecule has 0 aromatic heterocycles. The first kappa shape index (κ1) is 22.5. The summed E-state index contributed by atoms with van der Waals surface area (Å²) in [5, 5.41) is 0. The molecule has 0 heterocycles. The van der Waals surface area contributed by atoms with Crippen LogP contribution in [0.5, 0.6) is 0 Å². The van der Waals surface area contributed by atoms with Gasteiger partial charge in [0, 0.05) is 27.0 Å². The van der Waals surface area contributed by atoms with Crippen LogP contribution < -0.4 is 0 Å². The topological polar surface area (TPSA) is 116 Å². The first-order valence-electron chi connectivity index (χ1n) is 7.49. The van der Waals surface area contributed by atoms with Gasteiger partial charge in [-0.15, -0.1) is 0 Å². The van der Waals surface area contributed by atoms with E-state index >= 15 is 0 Å². The SMILES string of the molecule is COC(=O)CCN(CC(OC)OC)S(=O)(=O)c1ccccc1S(C)(=O)=O. The molecule has 1 aromatic carbocycles. The lowest BCUT2D eigenvalue weighted by Crippen LogP contribution is -2.40. The van der Waals surface area contributed by atoms with Crippen LogP contribution in [-0.2, 0) is 38.9 Å². The molecular formula is C15H23NO8S2. The number of ether oxygens (including phenoxy) is 3. The Hall–Kier alpha value is -1.53. The minimum Gasteiger partial charge on any atom is -0.469 e. The Labute approximate surface area is 153 Å². The van der Waals surface area contributed by atoms with Crippen molar-refractivity contribution in [2.45, 2.75) is 22.5 Å². The number of esters is 1. The van der Waals surface area contributed by atoms with Crippen LogP contribution in [0, 0.1) is 0 Å². The molecule has 0 radical (unpaired) electrons. The maximum Gasteiger partial charge on any atom is 0.306 e. The highest BCUT2D eigenvalue weighted by atomic mass is 32.2. The normalized spacial score (nSPS) is 12.5. The van der Waals surface area contributed by atoms with Crippen molar-refractivity contribution in [3.05, 3.63) is 24.3 Å². The smallest absolute Gasteiger partial charge is 0.306 e. The van der Waals surface area contributed by atoms with Crippen LogP contribution in [0.1, 0.15) is 6.42 Å². The zero-order chi connectivity index (χ0) is 20.0. The fourth-order valence-corrected chi connectivity index (χ4v) is 5.18. The van der Waals surface area contributed by atoms with Gasteiger partial charge in [-0.2, -0.15) is 4.31 Å². The van der Waals surface area contributed by atoms with E-state index in [0.29, 0.717) is 0 Å². The lowest BCUT2D eigenvalue weighted by Gasteiger charge is -2.26. The van der Waals surface area contributed by atoms with Gasteiger partial charge in [-0.05, 0) is 12.1 Å². The zero-order valence-electron chi connectivity index (χ0n) is 15.0. The number of sulfone groups is 1. The van der Waals surface area contributed by atoms with Crippen LogP contribution in [0.25, 0.3) is 0 Å². The Morgan fingerprint density at radius 3 is 2.04 bits per heavy atom. The van der Waals surface area contributed by atoms with E-state index in [1.807, 2.05) is 0 Å². The molecule has 0 unspecified atom stereocenters. The van der Waals surface area contributed by atoms with E-state index in [2.05, 4.69) is 4.74 Å². The lowest BCUT2D eigenvalue weighted by atomic mass is 10.4. The van der Waals surface area contributed by atoms with Gasteiger partial charge in [0.25, 0.3) is 0 Å². The van der Waals surface area contributed by atoms with Gasteiger partial charge in [0.1, 0.15) is 4.90 Å². The molecule has 0 fully saturated rings. The highest BCUT2D eigenvalue weighted by Crippen LogP contribution is 2.24. The van der Waals surface area contributed by atoms with E-state index in [-0.39, 0.29) is 29.3 Å². The molecule has 0 spiro atoms. The second kappa shape index (κ2) is 9.42. The van der Waals surface area contributed by atoms with Gasteiger partial charge in [-0.1, -0.05) is 12.1 Å². The summed E-state index contributed by atoms with van der Waals surface area (Å²) >= 11 is 0. The summed E-state index contributed by atoms with van der Waals surface area (Å²) in [7, 11) is -4.17. The number of methoxy groups -OCH3 is 3. The Morgan fingerprint density at radius 2 is 1.58 bits per heavy atom. The van der Waals surface area contributed by atoms with Gasteiger partial charge in [-0.3, -0.25) is 4.79 Å². The van der Waals surface area contributed by atoms with Gasteiger partial charge in [0.05, 0.1) is 25.0 Å². The molecule has 0 bridgehead atoms. The molecular weight excluding hydrogens is 386 g/mol. The summed E-state index contributed by atoms with van der Waals surface area (Å²) < 4.78 is 65.6. The number of carbonyl (C=O) groups is 1. The van der Waals surface area contributed by atoms with E-state index in [1.165, 1.54) is 45.6 Å². The van der Waals surface area contributed by atoms with Crippen LogP contribution in [0.2, 0.25) is 0 Å². The maximum atomic E-state index is 13.1. The minimum atomic E-state index is -4.25. The van der Waals surface area contributed by atoms with Crippen molar-refractivity contribution in [3.63, 3.8) is 0 Å².